The maximum Gasteiger partial charge on any atom is 0.288 e. The number of nitro groups is 1. The van der Waals surface area contributed by atoms with Crippen LogP contribution in [-0.4, -0.2) is 41.9 Å². The van der Waals surface area contributed by atoms with Crippen LogP contribution in [0.1, 0.15) is 23.7 Å². The predicted octanol–water partition coefficient (Wildman–Crippen LogP) is 2.32. The van der Waals surface area contributed by atoms with E-state index in [4.69, 9.17) is 11.6 Å². The maximum atomic E-state index is 12.1. The highest BCUT2D eigenvalue weighted by molar-refractivity contribution is 6.35. The number of hydrogen-bond donors (Lipinski definition) is 1. The normalized spacial score (nSPS) is 18.7. The second kappa shape index (κ2) is 6.87. The van der Waals surface area contributed by atoms with Gasteiger partial charge in [-0.1, -0.05) is 24.6 Å². The molecule has 1 heterocycles. The second-order valence-corrected chi connectivity index (χ2v) is 5.53. The number of rotatable bonds is 5. The van der Waals surface area contributed by atoms with Gasteiger partial charge in [0.2, 0.25) is 0 Å². The van der Waals surface area contributed by atoms with Crippen LogP contribution in [0.15, 0.2) is 18.2 Å². The van der Waals surface area contributed by atoms with Crippen LogP contribution >= 0.6 is 11.6 Å². The first-order valence-corrected chi connectivity index (χ1v) is 7.34. The Kier molecular flexibility index (Phi) is 5.14. The molecule has 1 atom stereocenters. The summed E-state index contributed by atoms with van der Waals surface area (Å²) in [6, 6.07) is 4.25. The lowest BCUT2D eigenvalue weighted by molar-refractivity contribution is -0.384. The van der Waals surface area contributed by atoms with Crippen molar-refractivity contribution in [2.24, 2.45) is 5.92 Å². The van der Waals surface area contributed by atoms with Crippen molar-refractivity contribution in [1.82, 2.24) is 10.2 Å². The highest BCUT2D eigenvalue weighted by Gasteiger charge is 2.23. The van der Waals surface area contributed by atoms with Crippen LogP contribution in [0, 0.1) is 16.0 Å². The molecule has 0 saturated carbocycles. The van der Waals surface area contributed by atoms with Crippen molar-refractivity contribution in [2.45, 2.75) is 13.3 Å². The van der Waals surface area contributed by atoms with Gasteiger partial charge in [-0.3, -0.25) is 14.9 Å². The predicted molar refractivity (Wildman–Crippen MR) is 80.7 cm³/mol. The molecule has 1 unspecified atom stereocenters. The fourth-order valence-electron chi connectivity index (χ4n) is 2.54. The Labute approximate surface area is 128 Å². The molecule has 0 radical (unpaired) electrons. The Bertz CT molecular complexity index is 550. The molecule has 0 aromatic heterocycles. The number of carbonyl (C=O) groups is 1. The number of nitro benzene ring substituents is 1. The Morgan fingerprint density at radius 2 is 2.33 bits per heavy atom. The lowest BCUT2D eigenvalue weighted by atomic mass is 10.1. The minimum atomic E-state index is -0.588. The van der Waals surface area contributed by atoms with Gasteiger partial charge < -0.3 is 10.2 Å². The molecule has 0 spiro atoms. The molecule has 6 nitrogen and oxygen atoms in total. The Morgan fingerprint density at radius 1 is 1.57 bits per heavy atom. The number of benzene rings is 1. The zero-order valence-electron chi connectivity index (χ0n) is 11.8. The third-order valence-corrected chi connectivity index (χ3v) is 4.19. The van der Waals surface area contributed by atoms with Gasteiger partial charge in [0, 0.05) is 19.2 Å². The maximum absolute atomic E-state index is 12.1. The summed E-state index contributed by atoms with van der Waals surface area (Å²) in [6.07, 6.45) is 1.05. The van der Waals surface area contributed by atoms with E-state index in [-0.39, 0.29) is 22.2 Å². The number of nitrogens with one attached hydrogen (secondary N) is 1. The molecular formula is C14H18ClN3O3. The van der Waals surface area contributed by atoms with Crippen LogP contribution < -0.4 is 5.32 Å². The lowest BCUT2D eigenvalue weighted by Gasteiger charge is -2.14. The minimum absolute atomic E-state index is 0.110. The molecule has 2 rings (SSSR count). The van der Waals surface area contributed by atoms with Gasteiger partial charge in [-0.05, 0) is 31.5 Å². The summed E-state index contributed by atoms with van der Waals surface area (Å²) in [7, 11) is 0. The molecule has 1 aromatic carbocycles. The summed E-state index contributed by atoms with van der Waals surface area (Å²) in [4.78, 5) is 24.7. The highest BCUT2D eigenvalue weighted by atomic mass is 35.5. The summed E-state index contributed by atoms with van der Waals surface area (Å²) >= 11 is 5.93. The molecule has 21 heavy (non-hydrogen) atoms. The topological polar surface area (TPSA) is 75.5 Å². The van der Waals surface area contributed by atoms with Gasteiger partial charge in [0.15, 0.2) is 0 Å². The average Bonchev–Trinajstić information content (AvgIpc) is 2.92. The van der Waals surface area contributed by atoms with Crippen molar-refractivity contribution >= 4 is 23.2 Å². The molecule has 1 fully saturated rings. The van der Waals surface area contributed by atoms with E-state index < -0.39 is 4.92 Å². The fraction of sp³-hybridized carbons (Fsp3) is 0.500. The van der Waals surface area contributed by atoms with E-state index in [1.165, 1.54) is 18.2 Å². The molecule has 1 aliphatic heterocycles. The van der Waals surface area contributed by atoms with Crippen LogP contribution in [0.2, 0.25) is 5.02 Å². The Hall–Kier alpha value is -1.66. The zero-order chi connectivity index (χ0) is 15.4. The molecule has 1 saturated heterocycles. The standard InChI is InChI=1S/C14H18ClN3O3/c1-2-17-7-6-10(9-17)8-16-14(19)11-4-3-5-12(13(11)15)18(20)21/h3-5,10H,2,6-9H2,1H3,(H,16,19). The van der Waals surface area contributed by atoms with Crippen molar-refractivity contribution in [3.63, 3.8) is 0 Å². The highest BCUT2D eigenvalue weighted by Crippen LogP contribution is 2.27. The van der Waals surface area contributed by atoms with E-state index in [2.05, 4.69) is 17.1 Å². The number of hydrogen-bond acceptors (Lipinski definition) is 4. The number of likely N-dealkylation sites (tertiary alicyclic amines) is 1. The Morgan fingerprint density at radius 3 is 2.95 bits per heavy atom. The average molecular weight is 312 g/mol. The lowest BCUT2D eigenvalue weighted by Crippen LogP contribution is -2.31. The zero-order valence-corrected chi connectivity index (χ0v) is 12.6. The van der Waals surface area contributed by atoms with Gasteiger partial charge in [-0.25, -0.2) is 0 Å². The third kappa shape index (κ3) is 3.71. The van der Waals surface area contributed by atoms with E-state index >= 15 is 0 Å². The molecule has 114 valence electrons. The molecule has 0 bridgehead atoms. The number of halogens is 1. The molecule has 7 heteroatoms. The quantitative estimate of drug-likeness (QED) is 0.669. The van der Waals surface area contributed by atoms with Gasteiger partial charge in [0.05, 0.1) is 10.5 Å². The summed E-state index contributed by atoms with van der Waals surface area (Å²) in [5, 5.41) is 13.5. The van der Waals surface area contributed by atoms with Crippen LogP contribution in [-0.2, 0) is 0 Å². The van der Waals surface area contributed by atoms with E-state index in [9.17, 15) is 14.9 Å². The summed E-state index contributed by atoms with van der Waals surface area (Å²) in [5.41, 5.74) is -0.0986. The molecule has 1 amide bonds. The summed E-state index contributed by atoms with van der Waals surface area (Å²) in [6.45, 7) is 5.72. The third-order valence-electron chi connectivity index (χ3n) is 3.79. The van der Waals surface area contributed by atoms with Crippen molar-refractivity contribution in [1.29, 1.82) is 0 Å². The summed E-state index contributed by atoms with van der Waals surface area (Å²) in [5.74, 6) is 0.0602. The summed E-state index contributed by atoms with van der Waals surface area (Å²) < 4.78 is 0. The van der Waals surface area contributed by atoms with Crippen LogP contribution in [0.5, 0.6) is 0 Å². The van der Waals surface area contributed by atoms with Crippen LogP contribution in [0.3, 0.4) is 0 Å². The fourth-order valence-corrected chi connectivity index (χ4v) is 2.82. The first kappa shape index (κ1) is 15.7. The van der Waals surface area contributed by atoms with Crippen LogP contribution in [0.4, 0.5) is 5.69 Å². The van der Waals surface area contributed by atoms with Crippen molar-refractivity contribution in [3.8, 4) is 0 Å². The van der Waals surface area contributed by atoms with E-state index in [1.807, 2.05) is 0 Å². The van der Waals surface area contributed by atoms with Crippen LogP contribution in [0.25, 0.3) is 0 Å². The van der Waals surface area contributed by atoms with E-state index in [0.717, 1.165) is 26.1 Å². The van der Waals surface area contributed by atoms with Gasteiger partial charge in [-0.15, -0.1) is 0 Å². The first-order valence-electron chi connectivity index (χ1n) is 6.96. The molecule has 1 aromatic rings. The second-order valence-electron chi connectivity index (χ2n) is 5.15. The molecule has 1 N–H and O–H groups in total. The number of nitrogens with zero attached hydrogens (tertiary/aromatic N) is 2. The number of amides is 1. The molecule has 0 aliphatic carbocycles. The van der Waals surface area contributed by atoms with Crippen molar-refractivity contribution < 1.29 is 9.72 Å². The molecule has 1 aliphatic rings. The van der Waals surface area contributed by atoms with Gasteiger partial charge >= 0.3 is 0 Å². The number of carbonyl (C=O) groups excluding carboxylic acids is 1. The van der Waals surface area contributed by atoms with E-state index in [0.29, 0.717) is 12.5 Å². The Balaban J connectivity index is 1.98. The van der Waals surface area contributed by atoms with Gasteiger partial charge in [0.1, 0.15) is 5.02 Å². The van der Waals surface area contributed by atoms with Gasteiger partial charge in [-0.2, -0.15) is 0 Å². The van der Waals surface area contributed by atoms with Crippen molar-refractivity contribution in [2.75, 3.05) is 26.2 Å². The largest absolute Gasteiger partial charge is 0.352 e. The SMILES string of the molecule is CCN1CCC(CNC(=O)c2cccc([N+](=O)[O-])c2Cl)C1. The van der Waals surface area contributed by atoms with Gasteiger partial charge in [0.25, 0.3) is 11.6 Å². The van der Waals surface area contributed by atoms with Crippen molar-refractivity contribution in [3.05, 3.63) is 38.9 Å². The minimum Gasteiger partial charge on any atom is -0.352 e. The smallest absolute Gasteiger partial charge is 0.288 e. The van der Waals surface area contributed by atoms with E-state index in [1.54, 1.807) is 0 Å². The molecular weight excluding hydrogens is 294 g/mol. The first-order chi connectivity index (χ1) is 10.0. The monoisotopic (exact) mass is 311 g/mol.